The smallest absolute Gasteiger partial charge is 0.299 e. The molecule has 2 unspecified atom stereocenters. The SMILES string of the molecule is CC(NC1CC(=O)N(C)C1=O)c1ccc(C(F)(F)F)cc1. The topological polar surface area (TPSA) is 49.4 Å². The number of benzene rings is 1. The minimum Gasteiger partial charge on any atom is -0.299 e. The molecule has 2 rings (SSSR count). The number of imide groups is 1. The van der Waals surface area contributed by atoms with Crippen molar-refractivity contribution in [3.05, 3.63) is 35.4 Å². The molecule has 1 heterocycles. The molecule has 21 heavy (non-hydrogen) atoms. The molecule has 2 atom stereocenters. The molecule has 1 aromatic carbocycles. The number of amides is 2. The highest BCUT2D eigenvalue weighted by molar-refractivity contribution is 6.05. The van der Waals surface area contributed by atoms with Gasteiger partial charge in [0.25, 0.3) is 0 Å². The predicted octanol–water partition coefficient (Wildman–Crippen LogP) is 2.11. The summed E-state index contributed by atoms with van der Waals surface area (Å²) in [5.41, 5.74) is -0.0943. The van der Waals surface area contributed by atoms with Crippen LogP contribution in [0.3, 0.4) is 0 Å². The molecule has 0 bridgehead atoms. The zero-order valence-electron chi connectivity index (χ0n) is 11.6. The number of halogens is 3. The number of hydrogen-bond donors (Lipinski definition) is 1. The summed E-state index contributed by atoms with van der Waals surface area (Å²) in [5, 5.41) is 2.97. The van der Waals surface area contributed by atoms with Gasteiger partial charge in [0.1, 0.15) is 0 Å². The van der Waals surface area contributed by atoms with Gasteiger partial charge in [-0.25, -0.2) is 0 Å². The summed E-state index contributed by atoms with van der Waals surface area (Å²) >= 11 is 0. The molecule has 114 valence electrons. The monoisotopic (exact) mass is 300 g/mol. The molecule has 0 aliphatic carbocycles. The molecule has 2 amide bonds. The zero-order chi connectivity index (χ0) is 15.8. The largest absolute Gasteiger partial charge is 0.416 e. The highest BCUT2D eigenvalue weighted by Crippen LogP contribution is 2.30. The number of alkyl halides is 3. The molecule has 1 N–H and O–H groups in total. The van der Waals surface area contributed by atoms with Crippen LogP contribution in [-0.4, -0.2) is 29.8 Å². The van der Waals surface area contributed by atoms with Crippen LogP contribution >= 0.6 is 0 Å². The van der Waals surface area contributed by atoms with E-state index >= 15 is 0 Å². The lowest BCUT2D eigenvalue weighted by atomic mass is 10.0. The molecule has 4 nitrogen and oxygen atoms in total. The number of carbonyl (C=O) groups is 2. The fourth-order valence-electron chi connectivity index (χ4n) is 2.24. The number of likely N-dealkylation sites (N-methyl/N-ethyl adjacent to an activating group) is 1. The van der Waals surface area contributed by atoms with E-state index in [9.17, 15) is 22.8 Å². The summed E-state index contributed by atoms with van der Waals surface area (Å²) in [4.78, 5) is 24.2. The molecule has 1 aliphatic rings. The third-order valence-corrected chi connectivity index (χ3v) is 3.57. The van der Waals surface area contributed by atoms with Crippen LogP contribution in [0.2, 0.25) is 0 Å². The third-order valence-electron chi connectivity index (χ3n) is 3.57. The minimum atomic E-state index is -4.37. The van der Waals surface area contributed by atoms with Gasteiger partial charge in [0, 0.05) is 13.1 Å². The third kappa shape index (κ3) is 3.24. The first-order chi connectivity index (χ1) is 9.70. The van der Waals surface area contributed by atoms with E-state index in [1.165, 1.54) is 19.2 Å². The highest BCUT2D eigenvalue weighted by atomic mass is 19.4. The van der Waals surface area contributed by atoms with Crippen LogP contribution < -0.4 is 5.32 Å². The van der Waals surface area contributed by atoms with Crippen molar-refractivity contribution < 1.29 is 22.8 Å². The van der Waals surface area contributed by atoms with Crippen molar-refractivity contribution in [3.63, 3.8) is 0 Å². The summed E-state index contributed by atoms with van der Waals surface area (Å²) < 4.78 is 37.4. The second-order valence-electron chi connectivity index (χ2n) is 5.06. The molecule has 0 radical (unpaired) electrons. The van der Waals surface area contributed by atoms with E-state index in [0.29, 0.717) is 5.56 Å². The van der Waals surface area contributed by atoms with Crippen LogP contribution in [0.15, 0.2) is 24.3 Å². The van der Waals surface area contributed by atoms with Crippen LogP contribution in [0.4, 0.5) is 13.2 Å². The second kappa shape index (κ2) is 5.48. The van der Waals surface area contributed by atoms with Crippen molar-refractivity contribution in [2.24, 2.45) is 0 Å². The standard InChI is InChI=1S/C14H15F3N2O2/c1-8(18-11-7-12(20)19(2)13(11)21)9-3-5-10(6-4-9)14(15,16)17/h3-6,8,11,18H,7H2,1-2H3. The van der Waals surface area contributed by atoms with Gasteiger partial charge in [-0.1, -0.05) is 12.1 Å². The Kier molecular flexibility index (Phi) is 4.04. The first-order valence-corrected chi connectivity index (χ1v) is 6.43. The average molecular weight is 300 g/mol. The van der Waals surface area contributed by atoms with Crippen LogP contribution in [0.5, 0.6) is 0 Å². The maximum atomic E-state index is 12.5. The number of rotatable bonds is 3. The summed E-state index contributed by atoms with van der Waals surface area (Å²) in [6.07, 6.45) is -4.30. The molecule has 1 aliphatic heterocycles. The van der Waals surface area contributed by atoms with Gasteiger partial charge in [-0.2, -0.15) is 13.2 Å². The van der Waals surface area contributed by atoms with Gasteiger partial charge in [0.15, 0.2) is 0 Å². The Hall–Kier alpha value is -1.89. The number of carbonyl (C=O) groups excluding carboxylic acids is 2. The first-order valence-electron chi connectivity index (χ1n) is 6.43. The van der Waals surface area contributed by atoms with E-state index in [1.807, 2.05) is 0 Å². The number of nitrogens with one attached hydrogen (secondary N) is 1. The Labute approximate surface area is 119 Å². The van der Waals surface area contributed by atoms with Gasteiger partial charge in [-0.05, 0) is 24.6 Å². The number of nitrogens with zero attached hydrogens (tertiary/aromatic N) is 1. The average Bonchev–Trinajstić information content (AvgIpc) is 2.65. The lowest BCUT2D eigenvalue weighted by molar-refractivity contribution is -0.138. The summed E-state index contributed by atoms with van der Waals surface area (Å²) in [5.74, 6) is -0.587. The van der Waals surface area contributed by atoms with E-state index in [1.54, 1.807) is 6.92 Å². The summed E-state index contributed by atoms with van der Waals surface area (Å²) in [6, 6.07) is 3.78. The Balaban J connectivity index is 2.06. The Morgan fingerprint density at radius 1 is 1.24 bits per heavy atom. The molecule has 0 saturated carbocycles. The van der Waals surface area contributed by atoms with Gasteiger partial charge < -0.3 is 0 Å². The predicted molar refractivity (Wildman–Crippen MR) is 69.2 cm³/mol. The van der Waals surface area contributed by atoms with Crippen molar-refractivity contribution in [2.45, 2.75) is 31.6 Å². The molecule has 0 aromatic heterocycles. The maximum absolute atomic E-state index is 12.5. The van der Waals surface area contributed by atoms with Crippen LogP contribution in [-0.2, 0) is 15.8 Å². The fraction of sp³-hybridized carbons (Fsp3) is 0.429. The fourth-order valence-corrected chi connectivity index (χ4v) is 2.24. The molecular formula is C14H15F3N2O2. The lowest BCUT2D eigenvalue weighted by Crippen LogP contribution is -2.38. The normalized spacial score (nSPS) is 21.0. The highest BCUT2D eigenvalue weighted by Gasteiger charge is 2.36. The Bertz CT molecular complexity index is 554. The number of hydrogen-bond acceptors (Lipinski definition) is 3. The van der Waals surface area contributed by atoms with E-state index in [4.69, 9.17) is 0 Å². The molecule has 1 aromatic rings. The minimum absolute atomic E-state index is 0.0698. The van der Waals surface area contributed by atoms with E-state index in [2.05, 4.69) is 5.32 Å². The zero-order valence-corrected chi connectivity index (χ0v) is 11.6. The van der Waals surface area contributed by atoms with Crippen molar-refractivity contribution in [1.29, 1.82) is 0 Å². The lowest BCUT2D eigenvalue weighted by Gasteiger charge is -2.18. The first kappa shape index (κ1) is 15.5. The van der Waals surface area contributed by atoms with Crippen molar-refractivity contribution >= 4 is 11.8 Å². The van der Waals surface area contributed by atoms with Crippen molar-refractivity contribution in [2.75, 3.05) is 7.05 Å². The Morgan fingerprint density at radius 2 is 1.81 bits per heavy atom. The van der Waals surface area contributed by atoms with Gasteiger partial charge in [-0.15, -0.1) is 0 Å². The molecular weight excluding hydrogens is 285 g/mol. The van der Waals surface area contributed by atoms with Crippen molar-refractivity contribution in [3.8, 4) is 0 Å². The van der Waals surface area contributed by atoms with Gasteiger partial charge >= 0.3 is 6.18 Å². The van der Waals surface area contributed by atoms with Crippen LogP contribution in [0, 0.1) is 0 Å². The van der Waals surface area contributed by atoms with Gasteiger partial charge in [0.2, 0.25) is 11.8 Å². The molecule has 0 spiro atoms. The van der Waals surface area contributed by atoms with Crippen LogP contribution in [0.25, 0.3) is 0 Å². The van der Waals surface area contributed by atoms with Gasteiger partial charge in [-0.3, -0.25) is 19.8 Å². The van der Waals surface area contributed by atoms with E-state index in [-0.39, 0.29) is 24.3 Å². The van der Waals surface area contributed by atoms with Crippen molar-refractivity contribution in [1.82, 2.24) is 10.2 Å². The quantitative estimate of drug-likeness (QED) is 0.870. The molecule has 7 heteroatoms. The molecule has 1 saturated heterocycles. The van der Waals surface area contributed by atoms with Gasteiger partial charge in [0.05, 0.1) is 18.0 Å². The summed E-state index contributed by atoms with van der Waals surface area (Å²) in [6.45, 7) is 1.73. The van der Waals surface area contributed by atoms with E-state index in [0.717, 1.165) is 17.0 Å². The Morgan fingerprint density at radius 3 is 2.24 bits per heavy atom. The molecule has 1 fully saturated rings. The van der Waals surface area contributed by atoms with E-state index < -0.39 is 17.8 Å². The second-order valence-corrected chi connectivity index (χ2v) is 5.06. The van der Waals surface area contributed by atoms with Crippen LogP contribution in [0.1, 0.15) is 30.5 Å². The maximum Gasteiger partial charge on any atom is 0.416 e. The number of likely N-dealkylation sites (tertiary alicyclic amines) is 1. The summed E-state index contributed by atoms with van der Waals surface area (Å²) in [7, 11) is 1.41.